The molecular weight excluding hydrogens is 282 g/mol. The van der Waals surface area contributed by atoms with Gasteiger partial charge in [0, 0.05) is 31.6 Å². The monoisotopic (exact) mass is 299 g/mol. The van der Waals surface area contributed by atoms with E-state index in [9.17, 15) is 13.2 Å². The van der Waals surface area contributed by atoms with Crippen LogP contribution >= 0.6 is 0 Å². The van der Waals surface area contributed by atoms with Crippen LogP contribution in [0.15, 0.2) is 23.2 Å². The van der Waals surface area contributed by atoms with Gasteiger partial charge in [-0.2, -0.15) is 0 Å². The van der Waals surface area contributed by atoms with E-state index in [1.54, 1.807) is 6.07 Å². The van der Waals surface area contributed by atoms with Gasteiger partial charge in [-0.1, -0.05) is 0 Å². The molecule has 0 saturated carbocycles. The molecule has 1 aromatic heterocycles. The molecule has 1 amide bonds. The first-order valence-electron chi connectivity index (χ1n) is 6.27. The fourth-order valence-corrected chi connectivity index (χ4v) is 2.67. The molecule has 2 rings (SSSR count). The van der Waals surface area contributed by atoms with Crippen molar-refractivity contribution in [3.63, 3.8) is 0 Å². The third-order valence-electron chi connectivity index (χ3n) is 3.28. The molecule has 1 aliphatic rings. The molecule has 0 aliphatic carbocycles. The van der Waals surface area contributed by atoms with E-state index in [2.05, 4.69) is 10.3 Å². The summed E-state index contributed by atoms with van der Waals surface area (Å²) < 4.78 is 22.6. The number of likely N-dealkylation sites (tertiary alicyclic amines) is 1. The van der Waals surface area contributed by atoms with E-state index in [-0.39, 0.29) is 10.9 Å². The van der Waals surface area contributed by atoms with Gasteiger partial charge in [0.2, 0.25) is 0 Å². The second kappa shape index (κ2) is 5.66. The average molecular weight is 299 g/mol. The zero-order valence-electron chi connectivity index (χ0n) is 11.1. The van der Waals surface area contributed by atoms with Crippen LogP contribution in [0.1, 0.15) is 12.8 Å². The van der Waals surface area contributed by atoms with Crippen molar-refractivity contribution in [1.29, 1.82) is 0 Å². The van der Waals surface area contributed by atoms with E-state index < -0.39 is 15.9 Å². The van der Waals surface area contributed by atoms with Gasteiger partial charge >= 0.3 is 6.09 Å². The minimum Gasteiger partial charge on any atom is -0.465 e. The molecule has 0 unspecified atom stereocenters. The molecule has 8 heteroatoms. The van der Waals surface area contributed by atoms with Crippen LogP contribution in [0.5, 0.6) is 0 Å². The molecule has 110 valence electrons. The van der Waals surface area contributed by atoms with E-state index in [1.807, 2.05) is 0 Å². The number of hydrogen-bond donors (Lipinski definition) is 2. The lowest BCUT2D eigenvalue weighted by Crippen LogP contribution is -2.41. The summed E-state index contributed by atoms with van der Waals surface area (Å²) in [6.45, 7) is 0.989. The predicted molar refractivity (Wildman–Crippen MR) is 73.6 cm³/mol. The molecule has 0 radical (unpaired) electrons. The Kier molecular flexibility index (Phi) is 4.12. The lowest BCUT2D eigenvalue weighted by Gasteiger charge is -2.30. The van der Waals surface area contributed by atoms with Gasteiger partial charge in [-0.3, -0.25) is 0 Å². The molecule has 0 atom stereocenters. The molecule has 1 saturated heterocycles. The normalized spacial score (nSPS) is 16.9. The number of carboxylic acid groups (broad SMARTS) is 1. The highest BCUT2D eigenvalue weighted by Crippen LogP contribution is 2.16. The van der Waals surface area contributed by atoms with Crippen molar-refractivity contribution < 1.29 is 18.3 Å². The highest BCUT2D eigenvalue weighted by Gasteiger charge is 2.22. The summed E-state index contributed by atoms with van der Waals surface area (Å²) in [6.07, 6.45) is 2.99. The molecule has 1 aliphatic heterocycles. The van der Waals surface area contributed by atoms with Crippen LogP contribution in [0.4, 0.5) is 10.6 Å². The van der Waals surface area contributed by atoms with E-state index in [1.165, 1.54) is 17.2 Å². The van der Waals surface area contributed by atoms with Crippen LogP contribution in [0.25, 0.3) is 0 Å². The van der Waals surface area contributed by atoms with Crippen LogP contribution in [0.2, 0.25) is 0 Å². The van der Waals surface area contributed by atoms with Crippen LogP contribution in [0.3, 0.4) is 0 Å². The number of hydrogen-bond acceptors (Lipinski definition) is 5. The third kappa shape index (κ3) is 3.60. The lowest BCUT2D eigenvalue weighted by molar-refractivity contribution is 0.134. The number of sulfone groups is 1. The Morgan fingerprint density at radius 1 is 1.40 bits per heavy atom. The lowest BCUT2D eigenvalue weighted by atomic mass is 10.1. The molecule has 2 heterocycles. The summed E-state index contributed by atoms with van der Waals surface area (Å²) in [7, 11) is -3.23. The van der Waals surface area contributed by atoms with Crippen molar-refractivity contribution in [2.75, 3.05) is 24.7 Å². The smallest absolute Gasteiger partial charge is 0.407 e. The molecule has 0 bridgehead atoms. The molecule has 2 N–H and O–H groups in total. The van der Waals surface area contributed by atoms with Gasteiger partial charge in [-0.25, -0.2) is 18.2 Å². The SMILES string of the molecule is CS(=O)(=O)c1ccc(NC2CCN(C(=O)O)CC2)nc1. The van der Waals surface area contributed by atoms with Crippen LogP contribution in [-0.4, -0.2) is 54.9 Å². The van der Waals surface area contributed by atoms with E-state index in [4.69, 9.17) is 5.11 Å². The summed E-state index contributed by atoms with van der Waals surface area (Å²) in [5, 5.41) is 12.1. The molecule has 1 aromatic rings. The summed E-state index contributed by atoms with van der Waals surface area (Å²) >= 11 is 0. The highest BCUT2D eigenvalue weighted by molar-refractivity contribution is 7.90. The first kappa shape index (κ1) is 14.6. The number of carbonyl (C=O) groups is 1. The zero-order valence-corrected chi connectivity index (χ0v) is 11.9. The summed E-state index contributed by atoms with van der Waals surface area (Å²) in [5.41, 5.74) is 0. The summed E-state index contributed by atoms with van der Waals surface area (Å²) in [6, 6.07) is 3.29. The fourth-order valence-electron chi connectivity index (χ4n) is 2.11. The van der Waals surface area contributed by atoms with Gasteiger partial charge < -0.3 is 15.3 Å². The largest absolute Gasteiger partial charge is 0.465 e. The summed E-state index contributed by atoms with van der Waals surface area (Å²) in [4.78, 5) is 16.4. The van der Waals surface area contributed by atoms with E-state index in [0.717, 1.165) is 6.26 Å². The first-order chi connectivity index (χ1) is 9.36. The van der Waals surface area contributed by atoms with Crippen molar-refractivity contribution in [3.05, 3.63) is 18.3 Å². The van der Waals surface area contributed by atoms with Gasteiger partial charge in [0.15, 0.2) is 9.84 Å². The van der Waals surface area contributed by atoms with Gasteiger partial charge in [0.05, 0.1) is 4.90 Å². The standard InChI is InChI=1S/C12H17N3O4S/c1-20(18,19)10-2-3-11(13-8-10)14-9-4-6-15(7-5-9)12(16)17/h2-3,8-9H,4-7H2,1H3,(H,13,14)(H,16,17). The quantitative estimate of drug-likeness (QED) is 0.865. The number of amides is 1. The fraction of sp³-hybridized carbons (Fsp3) is 0.500. The number of anilines is 1. The van der Waals surface area contributed by atoms with Crippen LogP contribution in [0, 0.1) is 0 Å². The van der Waals surface area contributed by atoms with Crippen LogP contribution < -0.4 is 5.32 Å². The minimum atomic E-state index is -3.23. The number of nitrogens with zero attached hydrogens (tertiary/aromatic N) is 2. The Bertz CT molecular complexity index is 577. The van der Waals surface area contributed by atoms with Gasteiger partial charge in [0.25, 0.3) is 0 Å². The maximum atomic E-state index is 11.3. The van der Waals surface area contributed by atoms with E-state index in [0.29, 0.717) is 31.7 Å². The number of nitrogens with one attached hydrogen (secondary N) is 1. The Morgan fingerprint density at radius 3 is 2.50 bits per heavy atom. The molecule has 20 heavy (non-hydrogen) atoms. The molecule has 7 nitrogen and oxygen atoms in total. The van der Waals surface area contributed by atoms with E-state index >= 15 is 0 Å². The Morgan fingerprint density at radius 2 is 2.05 bits per heavy atom. The zero-order chi connectivity index (χ0) is 14.8. The third-order valence-corrected chi connectivity index (χ3v) is 4.38. The van der Waals surface area contributed by atoms with Gasteiger partial charge in [-0.05, 0) is 25.0 Å². The van der Waals surface area contributed by atoms with Crippen molar-refractivity contribution in [2.24, 2.45) is 0 Å². The van der Waals surface area contributed by atoms with Crippen molar-refractivity contribution in [3.8, 4) is 0 Å². The predicted octanol–water partition coefficient (Wildman–Crippen LogP) is 1.04. The molecule has 0 aromatic carbocycles. The Labute approximate surface area is 117 Å². The van der Waals surface area contributed by atoms with Crippen LogP contribution in [-0.2, 0) is 9.84 Å². The summed E-state index contributed by atoms with van der Waals surface area (Å²) in [5.74, 6) is 0.603. The minimum absolute atomic E-state index is 0.155. The second-order valence-corrected chi connectivity index (χ2v) is 6.86. The average Bonchev–Trinajstić information content (AvgIpc) is 2.39. The van der Waals surface area contributed by atoms with Crippen molar-refractivity contribution in [2.45, 2.75) is 23.8 Å². The Hall–Kier alpha value is -1.83. The molecular formula is C12H17N3O4S. The van der Waals surface area contributed by atoms with Crippen molar-refractivity contribution in [1.82, 2.24) is 9.88 Å². The Balaban J connectivity index is 1.93. The van der Waals surface area contributed by atoms with Crippen molar-refractivity contribution >= 4 is 21.7 Å². The number of piperidine rings is 1. The van der Waals surface area contributed by atoms with Gasteiger partial charge in [-0.15, -0.1) is 0 Å². The maximum absolute atomic E-state index is 11.3. The first-order valence-corrected chi connectivity index (χ1v) is 8.16. The topological polar surface area (TPSA) is 99.6 Å². The second-order valence-electron chi connectivity index (χ2n) is 4.84. The number of pyridine rings is 1. The molecule has 0 spiro atoms. The number of rotatable bonds is 3. The maximum Gasteiger partial charge on any atom is 0.407 e. The highest BCUT2D eigenvalue weighted by atomic mass is 32.2. The van der Waals surface area contributed by atoms with Gasteiger partial charge in [0.1, 0.15) is 5.82 Å². The molecule has 1 fully saturated rings. The number of aromatic nitrogens is 1.